The fraction of sp³-hybridized carbons (Fsp3) is 0.588. The highest BCUT2D eigenvalue weighted by Gasteiger charge is 2.44. The van der Waals surface area contributed by atoms with Crippen molar-refractivity contribution in [3.05, 3.63) is 24.3 Å². The molecule has 0 spiro atoms. The van der Waals surface area contributed by atoms with Crippen LogP contribution in [0.3, 0.4) is 0 Å². The highest BCUT2D eigenvalue weighted by Crippen LogP contribution is 2.44. The number of amides is 1. The molecular weight excluding hydrogens is 264 g/mol. The molecule has 4 nitrogen and oxygen atoms in total. The average Bonchev–Trinajstić information content (AvgIpc) is 2.45. The molecule has 1 saturated carbocycles. The Morgan fingerprint density at radius 1 is 1.29 bits per heavy atom. The predicted molar refractivity (Wildman–Crippen MR) is 85.3 cm³/mol. The molecule has 21 heavy (non-hydrogen) atoms. The van der Waals surface area contributed by atoms with Crippen LogP contribution in [0.4, 0.5) is 5.69 Å². The van der Waals surface area contributed by atoms with Gasteiger partial charge in [-0.2, -0.15) is 0 Å². The van der Waals surface area contributed by atoms with Crippen molar-refractivity contribution < 1.29 is 9.53 Å². The Morgan fingerprint density at radius 2 is 1.90 bits per heavy atom. The van der Waals surface area contributed by atoms with Gasteiger partial charge in [-0.05, 0) is 48.4 Å². The minimum absolute atomic E-state index is 0.00518. The van der Waals surface area contributed by atoms with Crippen molar-refractivity contribution in [3.8, 4) is 5.75 Å². The van der Waals surface area contributed by atoms with Gasteiger partial charge in [0, 0.05) is 17.6 Å². The first-order chi connectivity index (χ1) is 9.86. The molecule has 1 aliphatic carbocycles. The monoisotopic (exact) mass is 290 g/mol. The molecule has 0 heterocycles. The number of carbonyl (C=O) groups excluding carboxylic acids is 1. The average molecular weight is 290 g/mol. The smallest absolute Gasteiger partial charge is 0.228 e. The Hall–Kier alpha value is -1.55. The van der Waals surface area contributed by atoms with E-state index in [1.807, 2.05) is 24.3 Å². The summed E-state index contributed by atoms with van der Waals surface area (Å²) in [4.78, 5) is 12.6. The molecule has 0 bridgehead atoms. The summed E-state index contributed by atoms with van der Waals surface area (Å²) in [6.07, 6.45) is 1.76. The van der Waals surface area contributed by atoms with Crippen molar-refractivity contribution >= 4 is 11.6 Å². The number of rotatable bonds is 3. The molecule has 1 amide bonds. The van der Waals surface area contributed by atoms with Crippen LogP contribution in [-0.2, 0) is 4.79 Å². The van der Waals surface area contributed by atoms with Gasteiger partial charge in [0.15, 0.2) is 0 Å². The van der Waals surface area contributed by atoms with Crippen LogP contribution in [0.5, 0.6) is 5.75 Å². The van der Waals surface area contributed by atoms with E-state index in [0.717, 1.165) is 24.3 Å². The molecule has 0 aliphatic heterocycles. The molecule has 1 aliphatic rings. The highest BCUT2D eigenvalue weighted by atomic mass is 16.5. The lowest BCUT2D eigenvalue weighted by Gasteiger charge is -2.46. The Morgan fingerprint density at radius 3 is 2.48 bits per heavy atom. The summed E-state index contributed by atoms with van der Waals surface area (Å²) in [5.41, 5.74) is 6.87. The number of benzene rings is 1. The van der Waals surface area contributed by atoms with E-state index in [-0.39, 0.29) is 23.3 Å². The summed E-state index contributed by atoms with van der Waals surface area (Å²) >= 11 is 0. The van der Waals surface area contributed by atoms with Crippen LogP contribution in [0, 0.1) is 17.3 Å². The number of ether oxygens (including phenoxy) is 1. The lowest BCUT2D eigenvalue weighted by atomic mass is 9.61. The van der Waals surface area contributed by atoms with Gasteiger partial charge in [-0.3, -0.25) is 4.79 Å². The molecule has 4 heteroatoms. The Bertz CT molecular complexity index is 496. The van der Waals surface area contributed by atoms with Gasteiger partial charge in [0.25, 0.3) is 0 Å². The Balaban J connectivity index is 2.08. The van der Waals surface area contributed by atoms with Crippen molar-refractivity contribution in [2.45, 2.75) is 39.7 Å². The molecule has 0 saturated heterocycles. The van der Waals surface area contributed by atoms with E-state index in [0.29, 0.717) is 5.92 Å². The third kappa shape index (κ3) is 3.21. The second kappa shape index (κ2) is 6.06. The standard InChI is InChI=1S/C17H26N2O2/c1-11-15(18)10-9-14(17(11,2)3)16(20)19-12-5-7-13(21-4)8-6-12/h5-8,11,14-15H,9-10,18H2,1-4H3,(H,19,20). The van der Waals surface area contributed by atoms with Gasteiger partial charge in [0.1, 0.15) is 5.75 Å². The molecule has 3 atom stereocenters. The summed E-state index contributed by atoms with van der Waals surface area (Å²) in [7, 11) is 1.63. The molecule has 116 valence electrons. The van der Waals surface area contributed by atoms with E-state index >= 15 is 0 Å². The Kier molecular flexibility index (Phi) is 4.57. The van der Waals surface area contributed by atoms with E-state index in [1.165, 1.54) is 0 Å². The number of nitrogens with two attached hydrogens (primary N) is 1. The first-order valence-corrected chi connectivity index (χ1v) is 7.56. The fourth-order valence-electron chi connectivity index (χ4n) is 3.22. The molecule has 3 N–H and O–H groups in total. The summed E-state index contributed by atoms with van der Waals surface area (Å²) < 4.78 is 5.12. The van der Waals surface area contributed by atoms with Crippen LogP contribution in [0.2, 0.25) is 0 Å². The normalized spacial score (nSPS) is 28.0. The van der Waals surface area contributed by atoms with Gasteiger partial charge >= 0.3 is 0 Å². The van der Waals surface area contributed by atoms with Crippen molar-refractivity contribution in [2.75, 3.05) is 12.4 Å². The van der Waals surface area contributed by atoms with Crippen molar-refractivity contribution in [2.24, 2.45) is 23.0 Å². The van der Waals surface area contributed by atoms with Crippen LogP contribution in [0.25, 0.3) is 0 Å². The zero-order valence-corrected chi connectivity index (χ0v) is 13.3. The van der Waals surface area contributed by atoms with Gasteiger partial charge in [-0.25, -0.2) is 0 Å². The topological polar surface area (TPSA) is 64.3 Å². The first-order valence-electron chi connectivity index (χ1n) is 7.56. The van der Waals surface area contributed by atoms with Crippen molar-refractivity contribution in [1.29, 1.82) is 0 Å². The van der Waals surface area contributed by atoms with E-state index in [9.17, 15) is 4.79 Å². The maximum atomic E-state index is 12.6. The Labute approximate surface area is 127 Å². The van der Waals surface area contributed by atoms with Gasteiger partial charge in [0.05, 0.1) is 7.11 Å². The number of nitrogens with one attached hydrogen (secondary N) is 1. The summed E-state index contributed by atoms with van der Waals surface area (Å²) in [5.74, 6) is 1.20. The number of methoxy groups -OCH3 is 1. The number of carbonyl (C=O) groups is 1. The maximum Gasteiger partial charge on any atom is 0.228 e. The van der Waals surface area contributed by atoms with Crippen LogP contribution < -0.4 is 15.8 Å². The number of anilines is 1. The zero-order chi connectivity index (χ0) is 15.6. The quantitative estimate of drug-likeness (QED) is 0.899. The number of hydrogen-bond donors (Lipinski definition) is 2. The summed E-state index contributed by atoms with van der Waals surface area (Å²) in [5, 5.41) is 3.02. The van der Waals surface area contributed by atoms with E-state index in [2.05, 4.69) is 26.1 Å². The molecule has 1 aromatic rings. The second-order valence-corrected chi connectivity index (χ2v) is 6.62. The zero-order valence-electron chi connectivity index (χ0n) is 13.3. The van der Waals surface area contributed by atoms with E-state index in [4.69, 9.17) is 10.5 Å². The fourth-order valence-corrected chi connectivity index (χ4v) is 3.22. The highest BCUT2D eigenvalue weighted by molar-refractivity contribution is 5.93. The molecule has 1 fully saturated rings. The SMILES string of the molecule is COc1ccc(NC(=O)C2CCC(N)C(C)C2(C)C)cc1. The summed E-state index contributed by atoms with van der Waals surface area (Å²) in [6, 6.07) is 7.61. The van der Waals surface area contributed by atoms with Crippen molar-refractivity contribution in [3.63, 3.8) is 0 Å². The second-order valence-electron chi connectivity index (χ2n) is 6.62. The van der Waals surface area contributed by atoms with Crippen LogP contribution in [-0.4, -0.2) is 19.1 Å². The van der Waals surface area contributed by atoms with Crippen LogP contribution >= 0.6 is 0 Å². The lowest BCUT2D eigenvalue weighted by Crippen LogP contribution is -2.50. The largest absolute Gasteiger partial charge is 0.497 e. The first kappa shape index (κ1) is 15.8. The lowest BCUT2D eigenvalue weighted by molar-refractivity contribution is -0.127. The van der Waals surface area contributed by atoms with Crippen molar-refractivity contribution in [1.82, 2.24) is 0 Å². The van der Waals surface area contributed by atoms with Gasteiger partial charge in [-0.1, -0.05) is 20.8 Å². The molecule has 1 aromatic carbocycles. The van der Waals surface area contributed by atoms with Gasteiger partial charge < -0.3 is 15.8 Å². The predicted octanol–water partition coefficient (Wildman–Crippen LogP) is 3.03. The van der Waals surface area contributed by atoms with Gasteiger partial charge in [-0.15, -0.1) is 0 Å². The third-order valence-corrected chi connectivity index (χ3v) is 5.18. The molecular formula is C17H26N2O2. The van der Waals surface area contributed by atoms with Crippen LogP contribution in [0.1, 0.15) is 33.6 Å². The number of hydrogen-bond acceptors (Lipinski definition) is 3. The summed E-state index contributed by atoms with van der Waals surface area (Å²) in [6.45, 7) is 6.45. The molecule has 0 aromatic heterocycles. The molecule has 2 rings (SSSR count). The van der Waals surface area contributed by atoms with E-state index in [1.54, 1.807) is 7.11 Å². The molecule has 3 unspecified atom stereocenters. The van der Waals surface area contributed by atoms with Crippen LogP contribution in [0.15, 0.2) is 24.3 Å². The maximum absolute atomic E-state index is 12.6. The van der Waals surface area contributed by atoms with Gasteiger partial charge in [0.2, 0.25) is 5.91 Å². The third-order valence-electron chi connectivity index (χ3n) is 5.18. The van der Waals surface area contributed by atoms with E-state index < -0.39 is 0 Å². The molecule has 0 radical (unpaired) electrons. The minimum Gasteiger partial charge on any atom is -0.497 e. The minimum atomic E-state index is -0.0891.